The van der Waals surface area contributed by atoms with Crippen LogP contribution in [0.1, 0.15) is 50.8 Å². The van der Waals surface area contributed by atoms with Crippen LogP contribution in [-0.4, -0.2) is 10.6 Å². The third-order valence-electron chi connectivity index (χ3n) is 4.22. The molecule has 0 spiro atoms. The van der Waals surface area contributed by atoms with Crippen LogP contribution in [0.5, 0.6) is 0 Å². The van der Waals surface area contributed by atoms with Crippen LogP contribution in [-0.2, 0) is 12.0 Å². The molecule has 1 atom stereocenters. The minimum Gasteiger partial charge on any atom is -0.326 e. The molecule has 0 fully saturated rings. The molecular formula is C21H28N2O. The van der Waals surface area contributed by atoms with Crippen molar-refractivity contribution in [1.82, 2.24) is 4.57 Å². The molecule has 0 aliphatic carbocycles. The topological polar surface area (TPSA) is 48.0 Å². The Labute approximate surface area is 144 Å². The maximum atomic E-state index is 12.1. The van der Waals surface area contributed by atoms with Gasteiger partial charge < -0.3 is 10.3 Å². The normalized spacial score (nSPS) is 13.4. The highest BCUT2D eigenvalue weighted by Gasteiger charge is 2.12. The molecule has 0 radical (unpaired) electrons. The molecule has 1 heterocycles. The summed E-state index contributed by atoms with van der Waals surface area (Å²) in [6.45, 7) is 9.21. The monoisotopic (exact) mass is 324 g/mol. The van der Waals surface area contributed by atoms with Gasteiger partial charge in [-0.15, -0.1) is 0 Å². The van der Waals surface area contributed by atoms with Crippen molar-refractivity contribution in [2.75, 3.05) is 0 Å². The lowest BCUT2D eigenvalue weighted by Gasteiger charge is -2.18. The van der Waals surface area contributed by atoms with Crippen LogP contribution < -0.4 is 11.3 Å². The Balaban J connectivity index is 2.12. The number of nitrogens with two attached hydrogens (primary N) is 1. The second kappa shape index (κ2) is 7.63. The number of hydrogen-bond donors (Lipinski definition) is 1. The molecule has 3 nitrogen and oxygen atoms in total. The zero-order valence-corrected chi connectivity index (χ0v) is 15.1. The summed E-state index contributed by atoms with van der Waals surface area (Å²) in [5.74, 6) is 0. The molecule has 0 saturated carbocycles. The Bertz CT molecular complexity index is 749. The summed E-state index contributed by atoms with van der Waals surface area (Å²) < 4.78 is 1.67. The molecule has 128 valence electrons. The van der Waals surface area contributed by atoms with Crippen LogP contribution >= 0.6 is 0 Å². The predicted molar refractivity (Wildman–Crippen MR) is 103 cm³/mol. The maximum absolute atomic E-state index is 12.1. The van der Waals surface area contributed by atoms with Gasteiger partial charge in [0.15, 0.2) is 0 Å². The third kappa shape index (κ3) is 4.93. The van der Waals surface area contributed by atoms with Gasteiger partial charge in [-0.25, -0.2) is 0 Å². The highest BCUT2D eigenvalue weighted by atomic mass is 16.1. The molecule has 0 saturated heterocycles. The zero-order valence-electron chi connectivity index (χ0n) is 15.1. The first-order chi connectivity index (χ1) is 11.3. The van der Waals surface area contributed by atoms with E-state index in [0.29, 0.717) is 6.54 Å². The predicted octanol–water partition coefficient (Wildman–Crippen LogP) is 4.05. The van der Waals surface area contributed by atoms with Gasteiger partial charge in [0.1, 0.15) is 0 Å². The minimum absolute atomic E-state index is 0.0101. The summed E-state index contributed by atoms with van der Waals surface area (Å²) in [6, 6.07) is 12.2. The van der Waals surface area contributed by atoms with Crippen molar-refractivity contribution in [3.63, 3.8) is 0 Å². The number of hydrogen-bond acceptors (Lipinski definition) is 2. The summed E-state index contributed by atoms with van der Waals surface area (Å²) in [4.78, 5) is 12.1. The Hall–Kier alpha value is -2.13. The van der Waals surface area contributed by atoms with Crippen molar-refractivity contribution in [3.05, 3.63) is 69.6 Å². The number of aromatic nitrogens is 1. The summed E-state index contributed by atoms with van der Waals surface area (Å²) in [7, 11) is 0. The quantitative estimate of drug-likeness (QED) is 0.902. The fourth-order valence-electron chi connectivity index (χ4n) is 2.45. The second-order valence-corrected chi connectivity index (χ2v) is 7.32. The lowest BCUT2D eigenvalue weighted by molar-refractivity contribution is 0.527. The summed E-state index contributed by atoms with van der Waals surface area (Å²) in [6.07, 6.45) is 6.68. The van der Waals surface area contributed by atoms with E-state index in [4.69, 9.17) is 5.73 Å². The van der Waals surface area contributed by atoms with Crippen molar-refractivity contribution in [3.8, 4) is 0 Å². The summed E-state index contributed by atoms with van der Waals surface area (Å²) in [5, 5.41) is 0. The Morgan fingerprint density at radius 3 is 2.25 bits per heavy atom. The molecule has 1 aromatic carbocycles. The van der Waals surface area contributed by atoms with E-state index in [0.717, 1.165) is 17.5 Å². The fourth-order valence-corrected chi connectivity index (χ4v) is 2.45. The van der Waals surface area contributed by atoms with Crippen LogP contribution in [0.25, 0.3) is 12.2 Å². The molecular weight excluding hydrogens is 296 g/mol. The highest BCUT2D eigenvalue weighted by Crippen LogP contribution is 2.22. The Kier molecular flexibility index (Phi) is 5.79. The highest BCUT2D eigenvalue weighted by molar-refractivity contribution is 5.69. The third-order valence-corrected chi connectivity index (χ3v) is 4.22. The second-order valence-electron chi connectivity index (χ2n) is 7.32. The van der Waals surface area contributed by atoms with Gasteiger partial charge in [0, 0.05) is 24.8 Å². The van der Waals surface area contributed by atoms with E-state index >= 15 is 0 Å². The minimum atomic E-state index is -0.0101. The number of rotatable bonds is 5. The van der Waals surface area contributed by atoms with Crippen LogP contribution in [0.4, 0.5) is 0 Å². The number of pyridine rings is 1. The average Bonchev–Trinajstić information content (AvgIpc) is 2.54. The van der Waals surface area contributed by atoms with Gasteiger partial charge in [-0.3, -0.25) is 4.79 Å². The van der Waals surface area contributed by atoms with Gasteiger partial charge in [-0.1, -0.05) is 64.1 Å². The van der Waals surface area contributed by atoms with E-state index in [1.54, 1.807) is 10.6 Å². The van der Waals surface area contributed by atoms with Crippen LogP contribution in [0.2, 0.25) is 0 Å². The van der Waals surface area contributed by atoms with Crippen LogP contribution in [0, 0.1) is 0 Å². The number of nitrogens with zero attached hydrogens (tertiary/aromatic N) is 1. The van der Waals surface area contributed by atoms with Gasteiger partial charge in [0.25, 0.3) is 5.56 Å². The van der Waals surface area contributed by atoms with E-state index in [1.807, 2.05) is 31.3 Å². The van der Waals surface area contributed by atoms with Gasteiger partial charge in [-0.05, 0) is 34.6 Å². The van der Waals surface area contributed by atoms with Gasteiger partial charge >= 0.3 is 0 Å². The molecule has 1 aromatic heterocycles. The molecule has 0 aliphatic heterocycles. The van der Waals surface area contributed by atoms with E-state index < -0.39 is 0 Å². The fraction of sp³-hybridized carbons (Fsp3) is 0.381. The van der Waals surface area contributed by atoms with Crippen molar-refractivity contribution in [1.29, 1.82) is 0 Å². The van der Waals surface area contributed by atoms with Crippen molar-refractivity contribution < 1.29 is 0 Å². The van der Waals surface area contributed by atoms with E-state index in [2.05, 4.69) is 45.0 Å². The smallest absolute Gasteiger partial charge is 0.251 e. The van der Waals surface area contributed by atoms with Gasteiger partial charge in [-0.2, -0.15) is 0 Å². The average molecular weight is 324 g/mol. The first-order valence-electron chi connectivity index (χ1n) is 8.54. The first-order valence-corrected chi connectivity index (χ1v) is 8.54. The SMILES string of the molecule is CCC(N)Cn1ccc(/C=C/c2ccc(C(C)(C)C)cc2)cc1=O. The van der Waals surface area contributed by atoms with Crippen molar-refractivity contribution >= 4 is 12.2 Å². The summed E-state index contributed by atoms with van der Waals surface area (Å²) in [5.41, 5.74) is 9.41. The molecule has 0 amide bonds. The molecule has 0 bridgehead atoms. The van der Waals surface area contributed by atoms with Gasteiger partial charge in [0.05, 0.1) is 0 Å². The lowest BCUT2D eigenvalue weighted by atomic mass is 9.87. The van der Waals surface area contributed by atoms with Crippen molar-refractivity contribution in [2.24, 2.45) is 5.73 Å². The lowest BCUT2D eigenvalue weighted by Crippen LogP contribution is -2.30. The molecule has 0 aliphatic rings. The van der Waals surface area contributed by atoms with Crippen LogP contribution in [0.3, 0.4) is 0 Å². The molecule has 2 rings (SSSR count). The Morgan fingerprint density at radius 2 is 1.71 bits per heavy atom. The largest absolute Gasteiger partial charge is 0.326 e. The molecule has 1 unspecified atom stereocenters. The number of benzene rings is 1. The van der Waals surface area contributed by atoms with Crippen LogP contribution in [0.15, 0.2) is 47.4 Å². The molecule has 2 N–H and O–H groups in total. The standard InChI is InChI=1S/C21H28N2O/c1-5-19(22)15-23-13-12-17(14-20(23)24)7-6-16-8-10-18(11-9-16)21(2,3)4/h6-14,19H,5,15,22H2,1-4H3/b7-6+. The van der Waals surface area contributed by atoms with E-state index in [9.17, 15) is 4.79 Å². The van der Waals surface area contributed by atoms with E-state index in [1.165, 1.54) is 5.56 Å². The summed E-state index contributed by atoms with van der Waals surface area (Å²) >= 11 is 0. The zero-order chi connectivity index (χ0) is 17.7. The molecule has 3 heteroatoms. The first kappa shape index (κ1) is 18.2. The van der Waals surface area contributed by atoms with Crippen molar-refractivity contribution in [2.45, 2.75) is 52.1 Å². The Morgan fingerprint density at radius 1 is 1.08 bits per heavy atom. The van der Waals surface area contributed by atoms with Gasteiger partial charge in [0.2, 0.25) is 0 Å². The molecule has 24 heavy (non-hydrogen) atoms. The maximum Gasteiger partial charge on any atom is 0.251 e. The molecule has 2 aromatic rings. The van der Waals surface area contributed by atoms with E-state index in [-0.39, 0.29) is 17.0 Å².